The summed E-state index contributed by atoms with van der Waals surface area (Å²) < 4.78 is 11.1. The number of rotatable bonds is 4. The third-order valence-corrected chi connectivity index (χ3v) is 4.35. The number of aromatic nitrogens is 5. The number of para-hydroxylation sites is 2. The minimum atomic E-state index is 0.0582. The van der Waals surface area contributed by atoms with Gasteiger partial charge in [0, 0.05) is 18.1 Å². The molecular weight excluding hydrogens is 370 g/mol. The molecule has 2 N–H and O–H groups in total. The molecule has 0 aliphatic carbocycles. The van der Waals surface area contributed by atoms with E-state index in [2.05, 4.69) is 25.1 Å². The van der Waals surface area contributed by atoms with E-state index in [1.165, 1.54) is 0 Å². The number of benzene rings is 2. The maximum Gasteiger partial charge on any atom is 0.294 e. The topological polar surface area (TPSA) is 120 Å². The lowest BCUT2D eigenvalue weighted by molar-refractivity contribution is 0.419. The van der Waals surface area contributed by atoms with Gasteiger partial charge in [0.2, 0.25) is 23.5 Å². The van der Waals surface area contributed by atoms with E-state index < -0.39 is 0 Å². The number of nitrogen functional groups attached to an aromatic ring is 1. The van der Waals surface area contributed by atoms with Gasteiger partial charge in [0.1, 0.15) is 5.58 Å². The first-order valence-corrected chi connectivity index (χ1v) is 8.81. The van der Waals surface area contributed by atoms with Gasteiger partial charge in [0.25, 0.3) is 5.89 Å². The molecule has 0 bridgehead atoms. The highest BCUT2D eigenvalue weighted by Crippen LogP contribution is 2.28. The zero-order valence-corrected chi connectivity index (χ0v) is 15.4. The van der Waals surface area contributed by atoms with Crippen molar-refractivity contribution >= 4 is 28.6 Å². The lowest BCUT2D eigenvalue weighted by Gasteiger charge is -2.17. The van der Waals surface area contributed by atoms with Gasteiger partial charge in [-0.2, -0.15) is 19.9 Å². The van der Waals surface area contributed by atoms with E-state index in [-0.39, 0.29) is 23.5 Å². The maximum absolute atomic E-state index is 5.89. The molecule has 0 spiro atoms. The Morgan fingerprint density at radius 3 is 2.48 bits per heavy atom. The summed E-state index contributed by atoms with van der Waals surface area (Å²) in [6.07, 6.45) is 0. The molecule has 5 aromatic rings. The molecule has 0 atom stereocenters. The molecule has 29 heavy (non-hydrogen) atoms. The van der Waals surface area contributed by atoms with Crippen LogP contribution in [0.4, 0.5) is 17.6 Å². The molecule has 0 fully saturated rings. The third-order valence-electron chi connectivity index (χ3n) is 4.35. The van der Waals surface area contributed by atoms with Gasteiger partial charge in [0.15, 0.2) is 5.76 Å². The van der Waals surface area contributed by atoms with Gasteiger partial charge in [-0.15, -0.1) is 0 Å². The molecular formula is C20H15N7O2. The summed E-state index contributed by atoms with van der Waals surface area (Å²) in [4.78, 5) is 18.9. The Balaban J connectivity index is 1.51. The van der Waals surface area contributed by atoms with Crippen molar-refractivity contribution in [3.63, 3.8) is 0 Å². The van der Waals surface area contributed by atoms with Gasteiger partial charge in [0.05, 0.1) is 0 Å². The highest BCUT2D eigenvalue weighted by Gasteiger charge is 2.19. The molecule has 2 aromatic carbocycles. The highest BCUT2D eigenvalue weighted by molar-refractivity contribution is 5.81. The molecule has 3 aromatic heterocycles. The van der Waals surface area contributed by atoms with E-state index in [1.807, 2.05) is 67.7 Å². The van der Waals surface area contributed by atoms with Crippen LogP contribution in [-0.2, 0) is 0 Å². The molecule has 0 aliphatic rings. The second kappa shape index (κ2) is 6.71. The van der Waals surface area contributed by atoms with E-state index in [4.69, 9.17) is 14.7 Å². The van der Waals surface area contributed by atoms with Gasteiger partial charge >= 0.3 is 0 Å². The molecule has 0 aliphatic heterocycles. The summed E-state index contributed by atoms with van der Waals surface area (Å²) in [6.45, 7) is 0. The van der Waals surface area contributed by atoms with Crippen molar-refractivity contribution in [2.75, 3.05) is 17.7 Å². The van der Waals surface area contributed by atoms with Crippen LogP contribution in [0.2, 0.25) is 0 Å². The Labute approximate surface area is 164 Å². The Bertz CT molecular complexity index is 1260. The fourth-order valence-corrected chi connectivity index (χ4v) is 2.90. The molecule has 5 rings (SSSR count). The second-order valence-corrected chi connectivity index (χ2v) is 6.28. The highest BCUT2D eigenvalue weighted by atomic mass is 16.5. The number of fused-ring (bicyclic) bond motifs is 1. The van der Waals surface area contributed by atoms with E-state index in [1.54, 1.807) is 4.90 Å². The van der Waals surface area contributed by atoms with Crippen LogP contribution in [0.1, 0.15) is 0 Å². The summed E-state index contributed by atoms with van der Waals surface area (Å²) in [6, 6.07) is 19.1. The number of anilines is 3. The Kier molecular flexibility index (Phi) is 3.91. The monoisotopic (exact) mass is 385 g/mol. The largest absolute Gasteiger partial charge is 0.451 e. The zero-order chi connectivity index (χ0) is 19.8. The Hall–Kier alpha value is -4.27. The summed E-state index contributed by atoms with van der Waals surface area (Å²) in [7, 11) is 1.84. The minimum Gasteiger partial charge on any atom is -0.451 e. The maximum atomic E-state index is 5.89. The number of nitrogens with two attached hydrogens (primary N) is 1. The fourth-order valence-electron chi connectivity index (χ4n) is 2.90. The number of hydrogen-bond donors (Lipinski definition) is 1. The predicted octanol–water partition coefficient (Wildman–Crippen LogP) is 3.68. The molecule has 0 saturated carbocycles. The average Bonchev–Trinajstić information content (AvgIpc) is 3.40. The first-order valence-electron chi connectivity index (χ1n) is 8.81. The summed E-state index contributed by atoms with van der Waals surface area (Å²) >= 11 is 0. The Morgan fingerprint density at radius 1 is 0.862 bits per heavy atom. The van der Waals surface area contributed by atoms with Crippen molar-refractivity contribution in [2.45, 2.75) is 0 Å². The first kappa shape index (κ1) is 16.9. The molecule has 0 saturated heterocycles. The third kappa shape index (κ3) is 3.14. The van der Waals surface area contributed by atoms with Crippen LogP contribution in [0.15, 0.2) is 69.6 Å². The van der Waals surface area contributed by atoms with Gasteiger partial charge in [-0.05, 0) is 24.3 Å². The molecule has 0 amide bonds. The smallest absolute Gasteiger partial charge is 0.294 e. The van der Waals surface area contributed by atoms with Crippen molar-refractivity contribution < 1.29 is 8.94 Å². The zero-order valence-electron chi connectivity index (χ0n) is 15.4. The summed E-state index contributed by atoms with van der Waals surface area (Å²) in [5.41, 5.74) is 7.53. The molecule has 9 heteroatoms. The molecule has 142 valence electrons. The van der Waals surface area contributed by atoms with Crippen molar-refractivity contribution in [3.8, 4) is 23.3 Å². The average molecular weight is 385 g/mol. The molecule has 0 unspecified atom stereocenters. The molecule has 9 nitrogen and oxygen atoms in total. The van der Waals surface area contributed by atoms with Gasteiger partial charge < -0.3 is 19.6 Å². The minimum absolute atomic E-state index is 0.0582. The van der Waals surface area contributed by atoms with Crippen LogP contribution in [0.25, 0.3) is 34.3 Å². The van der Waals surface area contributed by atoms with Crippen LogP contribution >= 0.6 is 0 Å². The van der Waals surface area contributed by atoms with Crippen molar-refractivity contribution in [1.82, 2.24) is 25.1 Å². The normalized spacial score (nSPS) is 11.1. The van der Waals surface area contributed by atoms with Crippen LogP contribution < -0.4 is 10.6 Å². The number of furan rings is 1. The van der Waals surface area contributed by atoms with Crippen LogP contribution in [0.5, 0.6) is 0 Å². The van der Waals surface area contributed by atoms with Crippen LogP contribution in [0.3, 0.4) is 0 Å². The van der Waals surface area contributed by atoms with Crippen LogP contribution in [-0.4, -0.2) is 32.1 Å². The molecule has 0 radical (unpaired) electrons. The summed E-state index contributed by atoms with van der Waals surface area (Å²) in [5.74, 6) is 1.53. The predicted molar refractivity (Wildman–Crippen MR) is 107 cm³/mol. The van der Waals surface area contributed by atoms with Gasteiger partial charge in [-0.3, -0.25) is 0 Å². The fraction of sp³-hybridized carbons (Fsp3) is 0.0500. The molecule has 3 heterocycles. The van der Waals surface area contributed by atoms with E-state index >= 15 is 0 Å². The van der Waals surface area contributed by atoms with Crippen molar-refractivity contribution in [3.05, 3.63) is 60.7 Å². The number of hydrogen-bond acceptors (Lipinski definition) is 9. The van der Waals surface area contributed by atoms with E-state index in [9.17, 15) is 0 Å². The lowest BCUT2D eigenvalue weighted by atomic mass is 10.2. The quantitative estimate of drug-likeness (QED) is 0.494. The van der Waals surface area contributed by atoms with Crippen molar-refractivity contribution in [1.29, 1.82) is 0 Å². The van der Waals surface area contributed by atoms with Crippen LogP contribution in [0, 0.1) is 0 Å². The Morgan fingerprint density at radius 2 is 1.66 bits per heavy atom. The first-order chi connectivity index (χ1) is 14.2. The standard InChI is InChI=1S/C20H15N7O2/c1-27(13-8-3-2-4-9-13)20-24-16(23-19(21)25-20)17-22-18(29-26-17)15-11-12-7-5-6-10-14(12)28-15/h2-11H,1H3,(H2,21,23,24,25). The van der Waals surface area contributed by atoms with E-state index in [0.29, 0.717) is 11.7 Å². The lowest BCUT2D eigenvalue weighted by Crippen LogP contribution is -2.15. The number of nitrogens with zero attached hydrogens (tertiary/aromatic N) is 6. The summed E-state index contributed by atoms with van der Waals surface area (Å²) in [5, 5.41) is 4.92. The van der Waals surface area contributed by atoms with E-state index in [0.717, 1.165) is 16.7 Å². The second-order valence-electron chi connectivity index (χ2n) is 6.28. The van der Waals surface area contributed by atoms with Crippen molar-refractivity contribution in [2.24, 2.45) is 0 Å². The SMILES string of the molecule is CN(c1ccccc1)c1nc(N)nc(-c2noc(-c3cc4ccccc4o3)n2)n1. The van der Waals surface area contributed by atoms with Gasteiger partial charge in [-0.1, -0.05) is 41.6 Å². The van der Waals surface area contributed by atoms with Gasteiger partial charge in [-0.25, -0.2) is 0 Å².